The van der Waals surface area contributed by atoms with Gasteiger partial charge in [-0.2, -0.15) is 18.2 Å². The Hall–Kier alpha value is -3.73. The summed E-state index contributed by atoms with van der Waals surface area (Å²) in [4.78, 5) is 7.93. The van der Waals surface area contributed by atoms with E-state index in [2.05, 4.69) is 25.5 Å². The summed E-state index contributed by atoms with van der Waals surface area (Å²) in [6.45, 7) is -0.380. The van der Waals surface area contributed by atoms with Gasteiger partial charge >= 0.3 is 6.18 Å². The topological polar surface area (TPSA) is 97.5 Å². The quantitative estimate of drug-likeness (QED) is 0.378. The molecule has 1 fully saturated rings. The van der Waals surface area contributed by atoms with Crippen LogP contribution < -0.4 is 10.1 Å². The first kappa shape index (κ1) is 24.0. The maximum absolute atomic E-state index is 13.6. The van der Waals surface area contributed by atoms with Gasteiger partial charge in [0.25, 0.3) is 0 Å². The molecule has 0 spiro atoms. The van der Waals surface area contributed by atoms with E-state index >= 15 is 0 Å². The predicted octanol–water partition coefficient (Wildman–Crippen LogP) is 4.79. The largest absolute Gasteiger partial charge is 0.474 e. The summed E-state index contributed by atoms with van der Waals surface area (Å²) in [5.41, 5.74) is 0.214. The van der Waals surface area contributed by atoms with E-state index in [9.17, 15) is 18.3 Å². The zero-order valence-corrected chi connectivity index (χ0v) is 19.3. The van der Waals surface area contributed by atoms with E-state index in [1.54, 1.807) is 30.3 Å². The normalized spacial score (nSPS) is 19.2. The summed E-state index contributed by atoms with van der Waals surface area (Å²) < 4.78 is 48.0. The molecule has 188 valence electrons. The predicted molar refractivity (Wildman–Crippen MR) is 126 cm³/mol. The summed E-state index contributed by atoms with van der Waals surface area (Å²) in [5, 5.41) is 22.1. The maximum Gasteiger partial charge on any atom is 0.423 e. The van der Waals surface area contributed by atoms with Crippen LogP contribution in [-0.2, 0) is 6.18 Å². The number of fused-ring (bicyclic) bond motifs is 1. The Morgan fingerprint density at radius 1 is 1.08 bits per heavy atom. The van der Waals surface area contributed by atoms with Crippen LogP contribution in [0.5, 0.6) is 5.88 Å². The van der Waals surface area contributed by atoms with E-state index in [-0.39, 0.29) is 24.5 Å². The number of ether oxygens (including phenoxy) is 1. The van der Waals surface area contributed by atoms with Crippen molar-refractivity contribution in [2.45, 2.75) is 49.9 Å². The van der Waals surface area contributed by atoms with E-state index in [1.165, 1.54) is 0 Å². The van der Waals surface area contributed by atoms with Gasteiger partial charge in [-0.15, -0.1) is 10.2 Å². The van der Waals surface area contributed by atoms with Crippen molar-refractivity contribution in [3.63, 3.8) is 0 Å². The van der Waals surface area contributed by atoms with Crippen molar-refractivity contribution >= 4 is 11.6 Å². The summed E-state index contributed by atoms with van der Waals surface area (Å²) in [6.07, 6.45) is 0.223. The van der Waals surface area contributed by atoms with Gasteiger partial charge in [0, 0.05) is 24.4 Å². The van der Waals surface area contributed by atoms with Crippen molar-refractivity contribution in [3.8, 4) is 5.88 Å². The molecule has 4 aromatic rings. The van der Waals surface area contributed by atoms with E-state index in [1.807, 2.05) is 28.8 Å². The highest BCUT2D eigenvalue weighted by molar-refractivity contribution is 5.38. The van der Waals surface area contributed by atoms with Crippen LogP contribution in [0, 0.1) is 0 Å². The lowest BCUT2D eigenvalue weighted by atomic mass is 9.85. The molecule has 1 aliphatic carbocycles. The molecule has 0 amide bonds. The minimum Gasteiger partial charge on any atom is -0.474 e. The second kappa shape index (κ2) is 10.1. The molecule has 0 radical (unpaired) electrons. The van der Waals surface area contributed by atoms with Gasteiger partial charge in [0.2, 0.25) is 11.8 Å². The van der Waals surface area contributed by atoms with Crippen LogP contribution in [0.3, 0.4) is 0 Å². The number of pyridine rings is 1. The van der Waals surface area contributed by atoms with Gasteiger partial charge in [-0.3, -0.25) is 4.40 Å². The van der Waals surface area contributed by atoms with E-state index in [0.717, 1.165) is 30.7 Å². The molecule has 11 heteroatoms. The fourth-order valence-corrected chi connectivity index (χ4v) is 4.55. The van der Waals surface area contributed by atoms with Crippen LogP contribution >= 0.6 is 0 Å². The highest BCUT2D eigenvalue weighted by Gasteiger charge is 2.37. The fraction of sp³-hybridized carbons (Fsp3) is 0.360. The second-order valence-corrected chi connectivity index (χ2v) is 8.84. The molecule has 1 aromatic carbocycles. The summed E-state index contributed by atoms with van der Waals surface area (Å²) in [5.74, 6) is 0.430. The number of alkyl halides is 3. The third-order valence-electron chi connectivity index (χ3n) is 6.33. The zero-order chi connectivity index (χ0) is 25.1. The molecule has 3 atom stereocenters. The maximum atomic E-state index is 13.6. The van der Waals surface area contributed by atoms with Crippen LogP contribution in [0.15, 0.2) is 60.9 Å². The van der Waals surface area contributed by atoms with Crippen molar-refractivity contribution < 1.29 is 23.0 Å². The first-order valence-electron chi connectivity index (χ1n) is 11.7. The summed E-state index contributed by atoms with van der Waals surface area (Å²) >= 11 is 0. The van der Waals surface area contributed by atoms with Crippen LogP contribution in [0.1, 0.15) is 54.7 Å². The first-order valence-corrected chi connectivity index (χ1v) is 11.7. The molecule has 0 unspecified atom stereocenters. The van der Waals surface area contributed by atoms with Crippen LogP contribution in [-0.4, -0.2) is 42.3 Å². The highest BCUT2D eigenvalue weighted by Crippen LogP contribution is 2.37. The second-order valence-electron chi connectivity index (χ2n) is 8.84. The van der Waals surface area contributed by atoms with E-state index < -0.39 is 23.7 Å². The molecule has 3 aromatic heterocycles. The standard InChI is InChI=1S/C25H25F3N6O2/c26-25(27,28)19-14-29-24(31-23(19)36-15-20(35)16-7-2-1-3-8-16)30-18-10-6-9-17(13-18)22-33-32-21-11-4-5-12-34(21)22/h1-5,7-8,11-12,14,17-18,20,35H,6,9-10,13,15H2,(H,29,30,31)/t17-,18+,20+/m0/s1. The average Bonchev–Trinajstić information content (AvgIpc) is 3.32. The van der Waals surface area contributed by atoms with Gasteiger partial charge < -0.3 is 15.2 Å². The average molecular weight is 499 g/mol. The number of aliphatic hydroxyl groups is 1. The number of nitrogens with zero attached hydrogens (tertiary/aromatic N) is 5. The highest BCUT2D eigenvalue weighted by atomic mass is 19.4. The third-order valence-corrected chi connectivity index (χ3v) is 6.33. The Balaban J connectivity index is 1.31. The van der Waals surface area contributed by atoms with Crippen molar-refractivity contribution in [1.82, 2.24) is 24.6 Å². The van der Waals surface area contributed by atoms with Gasteiger partial charge in [-0.1, -0.05) is 42.8 Å². The van der Waals surface area contributed by atoms with Crippen LogP contribution in [0.25, 0.3) is 5.65 Å². The number of rotatable bonds is 7. The SMILES string of the molecule is O[C@H](COc1nc(N[C@@H]2CCC[C@H](c3nnc4ccccn34)C2)ncc1C(F)(F)F)c1ccccc1. The monoisotopic (exact) mass is 498 g/mol. The summed E-state index contributed by atoms with van der Waals surface area (Å²) in [6, 6.07) is 14.2. The van der Waals surface area contributed by atoms with Crippen molar-refractivity contribution in [1.29, 1.82) is 0 Å². The number of halogens is 3. The van der Waals surface area contributed by atoms with E-state index in [4.69, 9.17) is 4.74 Å². The van der Waals surface area contributed by atoms with E-state index in [0.29, 0.717) is 18.2 Å². The number of aromatic nitrogens is 5. The van der Waals surface area contributed by atoms with Crippen LogP contribution in [0.4, 0.5) is 19.1 Å². The molecule has 8 nitrogen and oxygen atoms in total. The molecular formula is C25H25F3N6O2. The lowest BCUT2D eigenvalue weighted by Gasteiger charge is -2.29. The van der Waals surface area contributed by atoms with Crippen molar-refractivity contribution in [2.24, 2.45) is 0 Å². The van der Waals surface area contributed by atoms with Gasteiger partial charge in [0.15, 0.2) is 5.65 Å². The van der Waals surface area contributed by atoms with Crippen LogP contribution in [0.2, 0.25) is 0 Å². The summed E-state index contributed by atoms with van der Waals surface area (Å²) in [7, 11) is 0. The smallest absolute Gasteiger partial charge is 0.423 e. The fourth-order valence-electron chi connectivity index (χ4n) is 4.55. The number of benzene rings is 1. The lowest BCUT2D eigenvalue weighted by Crippen LogP contribution is -2.28. The van der Waals surface area contributed by atoms with Gasteiger partial charge in [0.05, 0.1) is 0 Å². The minimum absolute atomic E-state index is 0.0453. The molecule has 36 heavy (non-hydrogen) atoms. The number of hydrogen-bond donors (Lipinski definition) is 2. The third kappa shape index (κ3) is 5.25. The van der Waals surface area contributed by atoms with Crippen molar-refractivity contribution in [3.05, 3.63) is 77.9 Å². The molecule has 1 saturated carbocycles. The molecule has 0 aliphatic heterocycles. The Bertz CT molecular complexity index is 1310. The molecular weight excluding hydrogens is 473 g/mol. The first-order chi connectivity index (χ1) is 17.4. The Labute approximate surface area is 205 Å². The number of hydrogen-bond acceptors (Lipinski definition) is 7. The lowest BCUT2D eigenvalue weighted by molar-refractivity contribution is -0.139. The van der Waals surface area contributed by atoms with Crippen molar-refractivity contribution in [2.75, 3.05) is 11.9 Å². The minimum atomic E-state index is -4.70. The Kier molecular flexibility index (Phi) is 6.73. The van der Waals surface area contributed by atoms with Gasteiger partial charge in [-0.05, 0) is 37.0 Å². The van der Waals surface area contributed by atoms with Gasteiger partial charge in [0.1, 0.15) is 24.1 Å². The molecule has 0 bridgehead atoms. The number of aliphatic hydroxyl groups excluding tert-OH is 1. The molecule has 1 aliphatic rings. The Morgan fingerprint density at radius 2 is 1.89 bits per heavy atom. The molecule has 0 saturated heterocycles. The number of anilines is 1. The molecule has 3 heterocycles. The van der Waals surface area contributed by atoms with Gasteiger partial charge in [-0.25, -0.2) is 4.98 Å². The number of nitrogens with one attached hydrogen (secondary N) is 1. The molecule has 2 N–H and O–H groups in total. The zero-order valence-electron chi connectivity index (χ0n) is 19.3. The molecule has 5 rings (SSSR count). The Morgan fingerprint density at radius 3 is 2.69 bits per heavy atom.